The number of rotatable bonds is 2. The molecule has 0 aromatic carbocycles. The van der Waals surface area contributed by atoms with Gasteiger partial charge < -0.3 is 14.4 Å². The first-order valence-electron chi connectivity index (χ1n) is 6.62. The highest BCUT2D eigenvalue weighted by Crippen LogP contribution is 2.18. The molecule has 5 heteroatoms. The van der Waals surface area contributed by atoms with Crippen LogP contribution >= 0.6 is 0 Å². The fourth-order valence-corrected chi connectivity index (χ4v) is 2.60. The molecule has 2 aromatic rings. The quantitative estimate of drug-likeness (QED) is 0.881. The molecule has 1 N–H and O–H groups in total. The van der Waals surface area contributed by atoms with Gasteiger partial charge in [-0.25, -0.2) is 4.98 Å². The van der Waals surface area contributed by atoms with E-state index in [2.05, 4.69) is 4.98 Å². The van der Waals surface area contributed by atoms with E-state index in [0.717, 1.165) is 25.0 Å². The van der Waals surface area contributed by atoms with E-state index in [9.17, 15) is 9.90 Å². The number of carbonyl (C=O) groups is 1. The van der Waals surface area contributed by atoms with Crippen molar-refractivity contribution in [3.63, 3.8) is 0 Å². The summed E-state index contributed by atoms with van der Waals surface area (Å²) in [5.74, 6) is 0.164. The van der Waals surface area contributed by atoms with Gasteiger partial charge in [-0.3, -0.25) is 4.79 Å². The molecule has 1 aliphatic heterocycles. The van der Waals surface area contributed by atoms with Gasteiger partial charge >= 0.3 is 0 Å². The molecule has 1 unspecified atom stereocenters. The molecule has 1 atom stereocenters. The molecular weight excluding hydrogens is 242 g/mol. The van der Waals surface area contributed by atoms with Gasteiger partial charge in [0.05, 0.1) is 0 Å². The highest BCUT2D eigenvalue weighted by Gasteiger charge is 2.25. The van der Waals surface area contributed by atoms with Crippen LogP contribution in [0.25, 0.3) is 5.65 Å². The maximum Gasteiger partial charge on any atom is 0.274 e. The topological polar surface area (TPSA) is 57.8 Å². The van der Waals surface area contributed by atoms with E-state index in [1.807, 2.05) is 28.8 Å². The van der Waals surface area contributed by atoms with Crippen molar-refractivity contribution < 1.29 is 9.90 Å². The highest BCUT2D eigenvalue weighted by molar-refractivity contribution is 5.93. The number of hydrogen-bond acceptors (Lipinski definition) is 3. The average molecular weight is 259 g/mol. The third-order valence-corrected chi connectivity index (χ3v) is 3.65. The Hall–Kier alpha value is -1.88. The molecule has 5 nitrogen and oxygen atoms in total. The maximum absolute atomic E-state index is 12.4. The molecule has 0 bridgehead atoms. The van der Waals surface area contributed by atoms with Crippen LogP contribution in [0.4, 0.5) is 0 Å². The summed E-state index contributed by atoms with van der Waals surface area (Å²) in [7, 11) is 0. The Bertz CT molecular complexity index is 560. The molecule has 1 saturated heterocycles. The van der Waals surface area contributed by atoms with E-state index in [4.69, 9.17) is 0 Å². The molecule has 100 valence electrons. The monoisotopic (exact) mass is 259 g/mol. The third-order valence-electron chi connectivity index (χ3n) is 3.65. The highest BCUT2D eigenvalue weighted by atomic mass is 16.3. The lowest BCUT2D eigenvalue weighted by molar-refractivity contribution is 0.0615. The standard InChI is InChI=1S/C14H17N3O2/c18-10-11-4-3-7-17(8-11)14(19)12-9-16-6-2-1-5-13(16)15-12/h1-2,5-6,9,11,18H,3-4,7-8,10H2. The van der Waals surface area contributed by atoms with E-state index in [0.29, 0.717) is 12.2 Å². The normalized spacial score (nSPS) is 19.8. The minimum atomic E-state index is -0.0400. The Morgan fingerprint density at radius 2 is 2.37 bits per heavy atom. The first-order chi connectivity index (χ1) is 9.28. The Balaban J connectivity index is 1.82. The predicted molar refractivity (Wildman–Crippen MR) is 70.9 cm³/mol. The Morgan fingerprint density at radius 1 is 1.47 bits per heavy atom. The second kappa shape index (κ2) is 5.01. The number of fused-ring (bicyclic) bond motifs is 1. The number of aliphatic hydroxyl groups is 1. The van der Waals surface area contributed by atoms with Crippen molar-refractivity contribution >= 4 is 11.6 Å². The third kappa shape index (κ3) is 2.33. The molecule has 1 aliphatic rings. The molecule has 1 fully saturated rings. The van der Waals surface area contributed by atoms with Crippen LogP contribution in [0.1, 0.15) is 23.3 Å². The van der Waals surface area contributed by atoms with Crippen LogP contribution in [0.2, 0.25) is 0 Å². The number of nitrogens with zero attached hydrogens (tertiary/aromatic N) is 3. The summed E-state index contributed by atoms with van der Waals surface area (Å²) in [6.07, 6.45) is 5.59. The molecule has 0 saturated carbocycles. The largest absolute Gasteiger partial charge is 0.396 e. The van der Waals surface area contributed by atoms with E-state index in [1.54, 1.807) is 11.1 Å². The number of pyridine rings is 1. The van der Waals surface area contributed by atoms with Crippen LogP contribution in [0.15, 0.2) is 30.6 Å². The van der Waals surface area contributed by atoms with Crippen molar-refractivity contribution in [2.45, 2.75) is 12.8 Å². The summed E-state index contributed by atoms with van der Waals surface area (Å²) < 4.78 is 1.85. The molecule has 2 aromatic heterocycles. The van der Waals surface area contributed by atoms with Crippen LogP contribution in [0.5, 0.6) is 0 Å². The van der Waals surface area contributed by atoms with E-state index in [1.165, 1.54) is 0 Å². The van der Waals surface area contributed by atoms with Crippen molar-refractivity contribution in [3.8, 4) is 0 Å². The molecule has 3 rings (SSSR count). The van der Waals surface area contributed by atoms with Crippen LogP contribution in [-0.4, -0.2) is 45.0 Å². The van der Waals surface area contributed by atoms with E-state index < -0.39 is 0 Å². The van der Waals surface area contributed by atoms with Gasteiger partial charge in [0.1, 0.15) is 11.3 Å². The summed E-state index contributed by atoms with van der Waals surface area (Å²) in [4.78, 5) is 18.5. The van der Waals surface area contributed by atoms with Gasteiger partial charge in [-0.2, -0.15) is 0 Å². The lowest BCUT2D eigenvalue weighted by atomic mass is 9.99. The fraction of sp³-hybridized carbons (Fsp3) is 0.429. The first kappa shape index (κ1) is 12.2. The Labute approximate surface area is 111 Å². The van der Waals surface area contributed by atoms with Crippen molar-refractivity contribution in [1.29, 1.82) is 0 Å². The van der Waals surface area contributed by atoms with Crippen molar-refractivity contribution in [1.82, 2.24) is 14.3 Å². The zero-order valence-corrected chi connectivity index (χ0v) is 10.7. The van der Waals surface area contributed by atoms with Crippen molar-refractivity contribution in [3.05, 3.63) is 36.3 Å². The number of piperidine rings is 1. The van der Waals surface area contributed by atoms with Gasteiger partial charge in [-0.15, -0.1) is 0 Å². The maximum atomic E-state index is 12.4. The van der Waals surface area contributed by atoms with E-state index >= 15 is 0 Å². The summed E-state index contributed by atoms with van der Waals surface area (Å²) in [6, 6.07) is 5.69. The van der Waals surface area contributed by atoms with Gasteiger partial charge in [0.2, 0.25) is 0 Å². The summed E-state index contributed by atoms with van der Waals surface area (Å²) in [6.45, 7) is 1.53. The number of imidazole rings is 1. The van der Waals surface area contributed by atoms with Gasteiger partial charge in [0, 0.05) is 32.1 Å². The molecule has 0 spiro atoms. The second-order valence-corrected chi connectivity index (χ2v) is 5.03. The number of aromatic nitrogens is 2. The second-order valence-electron chi connectivity index (χ2n) is 5.03. The van der Waals surface area contributed by atoms with Crippen LogP contribution in [-0.2, 0) is 0 Å². The minimum Gasteiger partial charge on any atom is -0.396 e. The SMILES string of the molecule is O=C(c1cn2ccccc2n1)N1CCCC(CO)C1. The fourth-order valence-electron chi connectivity index (χ4n) is 2.60. The number of likely N-dealkylation sites (tertiary alicyclic amines) is 1. The van der Waals surface area contributed by atoms with Crippen LogP contribution in [0, 0.1) is 5.92 Å². The van der Waals surface area contributed by atoms with E-state index in [-0.39, 0.29) is 18.4 Å². The number of carbonyl (C=O) groups excluding carboxylic acids is 1. The van der Waals surface area contributed by atoms with Gasteiger partial charge in [0.15, 0.2) is 0 Å². The molecule has 19 heavy (non-hydrogen) atoms. The molecule has 0 aliphatic carbocycles. The minimum absolute atomic E-state index is 0.0400. The lowest BCUT2D eigenvalue weighted by Crippen LogP contribution is -2.41. The number of amides is 1. The van der Waals surface area contributed by atoms with Gasteiger partial charge in [-0.1, -0.05) is 6.07 Å². The first-order valence-corrected chi connectivity index (χ1v) is 6.62. The van der Waals surface area contributed by atoms with Crippen LogP contribution < -0.4 is 0 Å². The smallest absolute Gasteiger partial charge is 0.274 e. The number of aliphatic hydroxyl groups excluding tert-OH is 1. The summed E-state index contributed by atoms with van der Waals surface area (Å²) >= 11 is 0. The molecule has 0 radical (unpaired) electrons. The summed E-state index contributed by atoms with van der Waals surface area (Å²) in [5.41, 5.74) is 1.26. The number of hydrogen-bond donors (Lipinski definition) is 1. The van der Waals surface area contributed by atoms with Gasteiger partial charge in [-0.05, 0) is 30.9 Å². The Morgan fingerprint density at radius 3 is 3.16 bits per heavy atom. The van der Waals surface area contributed by atoms with Crippen LogP contribution in [0.3, 0.4) is 0 Å². The summed E-state index contributed by atoms with van der Waals surface area (Å²) in [5, 5.41) is 9.22. The molecule has 3 heterocycles. The van der Waals surface area contributed by atoms with Crippen molar-refractivity contribution in [2.75, 3.05) is 19.7 Å². The zero-order chi connectivity index (χ0) is 13.2. The predicted octanol–water partition coefficient (Wildman–Crippen LogP) is 1.18. The molecular formula is C14H17N3O2. The average Bonchev–Trinajstić information content (AvgIpc) is 2.90. The Kier molecular flexibility index (Phi) is 3.21. The molecule has 1 amide bonds. The van der Waals surface area contributed by atoms with Gasteiger partial charge in [0.25, 0.3) is 5.91 Å². The zero-order valence-electron chi connectivity index (χ0n) is 10.7. The van der Waals surface area contributed by atoms with Crippen molar-refractivity contribution in [2.24, 2.45) is 5.92 Å². The lowest BCUT2D eigenvalue weighted by Gasteiger charge is -2.31.